The van der Waals surface area contributed by atoms with Crippen molar-refractivity contribution >= 4 is 33.7 Å². The second-order valence-corrected chi connectivity index (χ2v) is 6.72. The number of hydrogen-bond acceptors (Lipinski definition) is 5. The summed E-state index contributed by atoms with van der Waals surface area (Å²) in [6.07, 6.45) is -3.63. The first kappa shape index (κ1) is 17.4. The van der Waals surface area contributed by atoms with Crippen LogP contribution in [0.15, 0.2) is 46.0 Å². The first-order valence-electron chi connectivity index (χ1n) is 6.90. The molecule has 0 radical (unpaired) electrons. The number of rotatable bonds is 4. The van der Waals surface area contributed by atoms with Crippen LogP contribution >= 0.6 is 22.7 Å². The zero-order valence-corrected chi connectivity index (χ0v) is 14.0. The molecule has 3 rings (SSSR count). The van der Waals surface area contributed by atoms with Gasteiger partial charge >= 0.3 is 6.18 Å². The molecule has 0 aliphatic heterocycles. The third kappa shape index (κ3) is 3.97. The Bertz CT molecular complexity index is 946. The fourth-order valence-electron chi connectivity index (χ4n) is 2.06. The van der Waals surface area contributed by atoms with Crippen LogP contribution in [-0.4, -0.2) is 15.5 Å². The number of aromatic nitrogens is 2. The average molecular weight is 385 g/mol. The molecule has 3 heterocycles. The molecule has 130 valence electrons. The topological polar surface area (TPSA) is 64.0 Å². The predicted octanol–water partition coefficient (Wildman–Crippen LogP) is 3.69. The Balaban J connectivity index is 1.73. The maximum Gasteiger partial charge on any atom is 0.421 e. The Morgan fingerprint density at radius 3 is 2.72 bits per heavy atom. The molecule has 0 bridgehead atoms. The number of alkyl halides is 3. The molecule has 0 saturated carbocycles. The summed E-state index contributed by atoms with van der Waals surface area (Å²) in [5.41, 5.74) is -1.87. The summed E-state index contributed by atoms with van der Waals surface area (Å²) in [5.74, 6) is -0.631. The Hall–Kier alpha value is -2.46. The molecule has 1 amide bonds. The Kier molecular flexibility index (Phi) is 4.73. The highest BCUT2D eigenvalue weighted by Crippen LogP contribution is 2.28. The lowest BCUT2D eigenvalue weighted by Gasteiger charge is -2.09. The molecule has 0 unspecified atom stereocenters. The number of nitrogens with zero attached hydrogens (tertiary/aromatic N) is 2. The maximum absolute atomic E-state index is 12.7. The molecule has 1 N–H and O–H groups in total. The van der Waals surface area contributed by atoms with Crippen molar-refractivity contribution in [3.8, 4) is 10.6 Å². The third-order valence-electron chi connectivity index (χ3n) is 3.16. The summed E-state index contributed by atoms with van der Waals surface area (Å²) in [7, 11) is 0. The summed E-state index contributed by atoms with van der Waals surface area (Å²) in [5, 5.41) is 6.46. The molecule has 5 nitrogen and oxygen atoms in total. The van der Waals surface area contributed by atoms with Gasteiger partial charge in [0.15, 0.2) is 5.13 Å². The van der Waals surface area contributed by atoms with Crippen LogP contribution in [0, 0.1) is 0 Å². The third-order valence-corrected chi connectivity index (χ3v) is 4.81. The van der Waals surface area contributed by atoms with E-state index >= 15 is 0 Å². The van der Waals surface area contributed by atoms with Gasteiger partial charge in [0.25, 0.3) is 5.56 Å². The molecule has 0 aliphatic carbocycles. The lowest BCUT2D eigenvalue weighted by molar-refractivity contribution is -0.139. The van der Waals surface area contributed by atoms with Crippen molar-refractivity contribution in [3.63, 3.8) is 0 Å². The zero-order valence-electron chi connectivity index (χ0n) is 12.4. The van der Waals surface area contributed by atoms with Crippen molar-refractivity contribution in [2.45, 2.75) is 12.7 Å². The highest BCUT2D eigenvalue weighted by atomic mass is 32.1. The van der Waals surface area contributed by atoms with E-state index in [4.69, 9.17) is 0 Å². The number of halogens is 3. The lowest BCUT2D eigenvalue weighted by Crippen LogP contribution is -2.31. The first-order valence-corrected chi connectivity index (χ1v) is 8.66. The predicted molar refractivity (Wildman–Crippen MR) is 89.8 cm³/mol. The SMILES string of the molecule is O=C(Cn1cccc(C(F)(F)F)c1=O)Nc1nc(-c2cccs2)cs1. The lowest BCUT2D eigenvalue weighted by atomic mass is 10.2. The first-order chi connectivity index (χ1) is 11.8. The summed E-state index contributed by atoms with van der Waals surface area (Å²) >= 11 is 2.69. The fourth-order valence-corrected chi connectivity index (χ4v) is 3.55. The molecule has 0 aromatic carbocycles. The van der Waals surface area contributed by atoms with Gasteiger partial charge < -0.3 is 9.88 Å². The highest BCUT2D eigenvalue weighted by molar-refractivity contribution is 7.16. The van der Waals surface area contributed by atoms with Crippen molar-refractivity contribution in [1.29, 1.82) is 0 Å². The van der Waals surface area contributed by atoms with Gasteiger partial charge in [-0.15, -0.1) is 22.7 Å². The fraction of sp³-hybridized carbons (Fsp3) is 0.133. The number of carbonyl (C=O) groups is 1. The number of pyridine rings is 1. The van der Waals surface area contributed by atoms with Gasteiger partial charge in [0.1, 0.15) is 12.1 Å². The summed E-state index contributed by atoms with van der Waals surface area (Å²) < 4.78 is 38.9. The van der Waals surface area contributed by atoms with Crippen LogP contribution in [0.1, 0.15) is 5.56 Å². The van der Waals surface area contributed by atoms with Gasteiger partial charge in [-0.2, -0.15) is 13.2 Å². The monoisotopic (exact) mass is 385 g/mol. The Morgan fingerprint density at radius 1 is 1.24 bits per heavy atom. The number of amides is 1. The number of nitrogens with one attached hydrogen (secondary N) is 1. The summed E-state index contributed by atoms with van der Waals surface area (Å²) in [6, 6.07) is 5.52. The van der Waals surface area contributed by atoms with Gasteiger partial charge in [0, 0.05) is 11.6 Å². The van der Waals surface area contributed by atoms with E-state index in [-0.39, 0.29) is 0 Å². The largest absolute Gasteiger partial charge is 0.421 e. The van der Waals surface area contributed by atoms with Gasteiger partial charge in [0.05, 0.1) is 10.6 Å². The number of thiophene rings is 1. The van der Waals surface area contributed by atoms with E-state index in [9.17, 15) is 22.8 Å². The van der Waals surface area contributed by atoms with E-state index in [0.717, 1.165) is 17.1 Å². The molecule has 10 heteroatoms. The highest BCUT2D eigenvalue weighted by Gasteiger charge is 2.34. The van der Waals surface area contributed by atoms with Gasteiger partial charge in [-0.1, -0.05) is 6.07 Å². The van der Waals surface area contributed by atoms with Crippen LogP contribution in [0.4, 0.5) is 18.3 Å². The normalized spacial score (nSPS) is 11.5. The standard InChI is InChI=1S/C15H10F3N3O2S2/c16-15(17,18)9-3-1-5-21(13(9)23)7-12(22)20-14-19-10(8-25-14)11-4-2-6-24-11/h1-6,8H,7H2,(H,19,20,22). The second kappa shape index (κ2) is 6.81. The minimum Gasteiger partial charge on any atom is -0.306 e. The van der Waals surface area contributed by atoms with Gasteiger partial charge in [-0.3, -0.25) is 9.59 Å². The van der Waals surface area contributed by atoms with E-state index in [1.807, 2.05) is 17.5 Å². The van der Waals surface area contributed by atoms with E-state index in [1.54, 1.807) is 5.38 Å². The van der Waals surface area contributed by atoms with Gasteiger partial charge in [0.2, 0.25) is 5.91 Å². The van der Waals surface area contributed by atoms with Crippen LogP contribution < -0.4 is 10.9 Å². The summed E-state index contributed by atoms with van der Waals surface area (Å²) in [4.78, 5) is 29.0. The van der Waals surface area contributed by atoms with E-state index in [1.165, 1.54) is 22.7 Å². The molecular weight excluding hydrogens is 375 g/mol. The minimum absolute atomic E-state index is 0.313. The van der Waals surface area contributed by atoms with E-state index < -0.39 is 29.8 Å². The van der Waals surface area contributed by atoms with E-state index in [0.29, 0.717) is 21.5 Å². The van der Waals surface area contributed by atoms with Crippen molar-refractivity contribution in [2.24, 2.45) is 0 Å². The number of hydrogen-bond donors (Lipinski definition) is 1. The van der Waals surface area contributed by atoms with Crippen LogP contribution in [0.5, 0.6) is 0 Å². The molecule has 0 saturated heterocycles. The quantitative estimate of drug-likeness (QED) is 0.745. The van der Waals surface area contributed by atoms with Gasteiger partial charge in [-0.25, -0.2) is 4.98 Å². The molecule has 3 aromatic rings. The van der Waals surface area contributed by atoms with E-state index in [2.05, 4.69) is 10.3 Å². The number of anilines is 1. The smallest absolute Gasteiger partial charge is 0.306 e. The van der Waals surface area contributed by atoms with Crippen molar-refractivity contribution < 1.29 is 18.0 Å². The number of thiazole rings is 1. The van der Waals surface area contributed by atoms with Gasteiger partial charge in [-0.05, 0) is 23.6 Å². The molecule has 0 aliphatic rings. The molecule has 25 heavy (non-hydrogen) atoms. The average Bonchev–Trinajstić information content (AvgIpc) is 3.19. The van der Waals surface area contributed by atoms with Crippen LogP contribution in [0.2, 0.25) is 0 Å². The van der Waals surface area contributed by atoms with Crippen LogP contribution in [-0.2, 0) is 17.5 Å². The van der Waals surface area contributed by atoms with Crippen molar-refractivity contribution in [3.05, 3.63) is 57.1 Å². The zero-order chi connectivity index (χ0) is 18.0. The second-order valence-electron chi connectivity index (χ2n) is 4.92. The molecule has 3 aromatic heterocycles. The van der Waals surface area contributed by atoms with Crippen LogP contribution in [0.3, 0.4) is 0 Å². The maximum atomic E-state index is 12.7. The Labute approximate surface area is 147 Å². The molecular formula is C15H10F3N3O2S2. The Morgan fingerprint density at radius 2 is 2.04 bits per heavy atom. The van der Waals surface area contributed by atoms with Crippen LogP contribution in [0.25, 0.3) is 10.6 Å². The molecule has 0 spiro atoms. The summed E-state index contributed by atoms with van der Waals surface area (Å²) in [6.45, 7) is -0.531. The minimum atomic E-state index is -4.76. The van der Waals surface area contributed by atoms with Crippen molar-refractivity contribution in [1.82, 2.24) is 9.55 Å². The van der Waals surface area contributed by atoms with Crippen molar-refractivity contribution in [2.75, 3.05) is 5.32 Å². The molecule has 0 atom stereocenters. The number of carbonyl (C=O) groups excluding carboxylic acids is 1. The molecule has 0 fully saturated rings.